The number of rotatable bonds is 1. The second-order valence-corrected chi connectivity index (χ2v) is 5.52. The van der Waals surface area contributed by atoms with E-state index in [0.717, 1.165) is 25.8 Å². The van der Waals surface area contributed by atoms with Gasteiger partial charge in [-0.25, -0.2) is 0 Å². The third-order valence-corrected chi connectivity index (χ3v) is 4.07. The maximum absolute atomic E-state index is 13.2. The Morgan fingerprint density at radius 2 is 1.75 bits per heavy atom. The number of fused-ring (bicyclic) bond motifs is 1. The van der Waals surface area contributed by atoms with E-state index in [0.29, 0.717) is 11.4 Å². The summed E-state index contributed by atoms with van der Waals surface area (Å²) in [4.78, 5) is 14.4. The molecule has 2 saturated heterocycles. The molecule has 0 aromatic heterocycles. The minimum atomic E-state index is -5.84. The van der Waals surface area contributed by atoms with Crippen LogP contribution in [-0.2, 0) is 4.79 Å². The molecule has 0 N–H and O–H groups in total. The number of piperidine rings is 1. The van der Waals surface area contributed by atoms with Crippen LogP contribution in [0.1, 0.15) is 26.2 Å². The number of halogens is 5. The molecule has 0 saturated carbocycles. The van der Waals surface area contributed by atoms with Gasteiger partial charge in [-0.2, -0.15) is 22.0 Å². The summed E-state index contributed by atoms with van der Waals surface area (Å²) in [5.74, 6) is -7.43. The van der Waals surface area contributed by atoms with Crippen molar-refractivity contribution in [2.24, 2.45) is 0 Å². The normalized spacial score (nSPS) is 29.2. The second-order valence-electron chi connectivity index (χ2n) is 5.52. The van der Waals surface area contributed by atoms with Gasteiger partial charge in [0.05, 0.1) is 0 Å². The van der Waals surface area contributed by atoms with Crippen molar-refractivity contribution in [1.82, 2.24) is 9.80 Å². The number of carbonyl (C=O) groups excluding carboxylic acids is 1. The summed E-state index contributed by atoms with van der Waals surface area (Å²) in [6.45, 7) is 2.62. The molecule has 0 bridgehead atoms. The van der Waals surface area contributed by atoms with Crippen molar-refractivity contribution < 1.29 is 26.7 Å². The maximum Gasteiger partial charge on any atom is 0.463 e. The highest BCUT2D eigenvalue weighted by Gasteiger charge is 2.65. The van der Waals surface area contributed by atoms with Crippen LogP contribution in [0.3, 0.4) is 0 Å². The van der Waals surface area contributed by atoms with Gasteiger partial charge in [-0.15, -0.1) is 0 Å². The van der Waals surface area contributed by atoms with E-state index in [1.54, 1.807) is 0 Å². The van der Waals surface area contributed by atoms with Gasteiger partial charge in [0.15, 0.2) is 0 Å². The van der Waals surface area contributed by atoms with E-state index in [4.69, 9.17) is 0 Å². The zero-order chi connectivity index (χ0) is 15.1. The number of nitrogens with zero attached hydrogens (tertiary/aromatic N) is 2. The maximum atomic E-state index is 13.2. The fraction of sp³-hybridized carbons (Fsp3) is 0.917. The van der Waals surface area contributed by atoms with E-state index in [-0.39, 0.29) is 12.6 Å². The summed E-state index contributed by atoms with van der Waals surface area (Å²) in [6, 6.07) is -0.738. The van der Waals surface area contributed by atoms with Crippen molar-refractivity contribution in [2.45, 2.75) is 50.4 Å². The summed E-state index contributed by atoms with van der Waals surface area (Å²) in [5.41, 5.74) is 0. The third kappa shape index (κ3) is 2.62. The molecule has 1 amide bonds. The Labute approximate surface area is 113 Å². The predicted molar refractivity (Wildman–Crippen MR) is 61.4 cm³/mol. The van der Waals surface area contributed by atoms with Crippen molar-refractivity contribution in [3.8, 4) is 0 Å². The monoisotopic (exact) mass is 300 g/mol. The minimum Gasteiger partial charge on any atom is -0.332 e. The topological polar surface area (TPSA) is 23.6 Å². The molecule has 2 aliphatic heterocycles. The molecule has 2 rings (SSSR count). The predicted octanol–water partition coefficient (Wildman–Crippen LogP) is 2.27. The Bertz CT molecular complexity index is 385. The molecule has 0 aromatic carbocycles. The number of hydrogen-bond donors (Lipinski definition) is 0. The van der Waals surface area contributed by atoms with E-state index in [9.17, 15) is 26.7 Å². The van der Waals surface area contributed by atoms with Gasteiger partial charge in [-0.1, -0.05) is 6.42 Å². The third-order valence-electron chi connectivity index (χ3n) is 4.07. The fourth-order valence-corrected chi connectivity index (χ4v) is 2.94. The van der Waals surface area contributed by atoms with Crippen LogP contribution >= 0.6 is 0 Å². The minimum absolute atomic E-state index is 0.0499. The van der Waals surface area contributed by atoms with Crippen LogP contribution in [-0.4, -0.2) is 59.5 Å². The molecule has 0 aromatic rings. The van der Waals surface area contributed by atoms with Crippen molar-refractivity contribution in [3.05, 3.63) is 0 Å². The zero-order valence-electron chi connectivity index (χ0n) is 11.1. The highest BCUT2D eigenvalue weighted by molar-refractivity contribution is 5.84. The highest BCUT2D eigenvalue weighted by Crippen LogP contribution is 2.38. The Kier molecular flexibility index (Phi) is 3.96. The van der Waals surface area contributed by atoms with Crippen LogP contribution in [0, 0.1) is 0 Å². The van der Waals surface area contributed by atoms with E-state index in [2.05, 4.69) is 4.90 Å². The summed E-state index contributed by atoms with van der Waals surface area (Å²) in [5, 5.41) is 0. The van der Waals surface area contributed by atoms with Crippen LogP contribution in [0.25, 0.3) is 0 Å². The van der Waals surface area contributed by atoms with Gasteiger partial charge in [-0.05, 0) is 26.3 Å². The molecule has 8 heteroatoms. The van der Waals surface area contributed by atoms with E-state index >= 15 is 0 Å². The molecule has 116 valence electrons. The smallest absolute Gasteiger partial charge is 0.332 e. The van der Waals surface area contributed by atoms with E-state index < -0.39 is 24.0 Å². The Balaban J connectivity index is 2.14. The summed E-state index contributed by atoms with van der Waals surface area (Å²) < 4.78 is 63.2. The Morgan fingerprint density at radius 1 is 1.10 bits per heavy atom. The lowest BCUT2D eigenvalue weighted by Gasteiger charge is -2.48. The van der Waals surface area contributed by atoms with Gasteiger partial charge in [0.25, 0.3) is 0 Å². The van der Waals surface area contributed by atoms with Crippen molar-refractivity contribution in [1.29, 1.82) is 0 Å². The van der Waals surface area contributed by atoms with Gasteiger partial charge >= 0.3 is 18.0 Å². The molecule has 2 unspecified atom stereocenters. The molecule has 2 aliphatic rings. The fourth-order valence-electron chi connectivity index (χ4n) is 2.94. The number of hydrogen-bond acceptors (Lipinski definition) is 2. The van der Waals surface area contributed by atoms with Crippen LogP contribution in [0.2, 0.25) is 0 Å². The molecule has 0 aliphatic carbocycles. The van der Waals surface area contributed by atoms with Crippen LogP contribution < -0.4 is 0 Å². The Morgan fingerprint density at radius 3 is 2.35 bits per heavy atom. The largest absolute Gasteiger partial charge is 0.463 e. The van der Waals surface area contributed by atoms with Gasteiger partial charge in [0.1, 0.15) is 0 Å². The molecular formula is C12H17F5N2O. The average molecular weight is 300 g/mol. The van der Waals surface area contributed by atoms with E-state index in [1.807, 2.05) is 0 Å². The van der Waals surface area contributed by atoms with Crippen molar-refractivity contribution in [2.75, 3.05) is 19.6 Å². The highest BCUT2D eigenvalue weighted by atomic mass is 19.4. The number of alkyl halides is 5. The van der Waals surface area contributed by atoms with Crippen LogP contribution in [0.4, 0.5) is 22.0 Å². The zero-order valence-corrected chi connectivity index (χ0v) is 11.1. The molecule has 0 radical (unpaired) electrons. The molecule has 20 heavy (non-hydrogen) atoms. The second kappa shape index (κ2) is 5.13. The molecular weight excluding hydrogens is 283 g/mol. The molecule has 2 atom stereocenters. The molecule has 2 fully saturated rings. The van der Waals surface area contributed by atoms with Gasteiger partial charge in [-0.3, -0.25) is 9.69 Å². The lowest BCUT2D eigenvalue weighted by atomic mass is 9.96. The van der Waals surface area contributed by atoms with Gasteiger partial charge < -0.3 is 4.90 Å². The number of piperazine rings is 1. The van der Waals surface area contributed by atoms with E-state index in [1.165, 1.54) is 6.92 Å². The molecule has 2 heterocycles. The quantitative estimate of drug-likeness (QED) is 0.694. The number of amides is 1. The first-order valence-corrected chi connectivity index (χ1v) is 6.64. The standard InChI is InChI=1S/C12H17F5N2O/c1-8-6-18-5-3-2-4-9(18)7-19(8)10(20)11(13,14)12(15,16)17/h8-9H,2-7H2,1H3. The summed E-state index contributed by atoms with van der Waals surface area (Å²) in [6.07, 6.45) is -3.20. The first kappa shape index (κ1) is 15.5. The van der Waals surface area contributed by atoms with Crippen LogP contribution in [0.15, 0.2) is 0 Å². The summed E-state index contributed by atoms with van der Waals surface area (Å²) >= 11 is 0. The van der Waals surface area contributed by atoms with Crippen molar-refractivity contribution >= 4 is 5.91 Å². The van der Waals surface area contributed by atoms with Gasteiger partial charge in [0.2, 0.25) is 0 Å². The molecule has 0 spiro atoms. The summed E-state index contributed by atoms with van der Waals surface area (Å²) in [7, 11) is 0. The molecule has 3 nitrogen and oxygen atoms in total. The first-order valence-electron chi connectivity index (χ1n) is 6.64. The SMILES string of the molecule is CC1CN2CCCCC2CN1C(=O)C(F)(F)C(F)(F)F. The number of carbonyl (C=O) groups is 1. The Hall–Kier alpha value is -0.920. The van der Waals surface area contributed by atoms with Crippen LogP contribution in [0.5, 0.6) is 0 Å². The lowest BCUT2D eigenvalue weighted by molar-refractivity contribution is -0.276. The lowest BCUT2D eigenvalue weighted by Crippen LogP contribution is -2.64. The van der Waals surface area contributed by atoms with Crippen molar-refractivity contribution in [3.63, 3.8) is 0 Å². The average Bonchev–Trinajstić information content (AvgIpc) is 2.35. The van der Waals surface area contributed by atoms with Gasteiger partial charge in [0, 0.05) is 25.2 Å². The first-order chi connectivity index (χ1) is 9.14.